The van der Waals surface area contributed by atoms with Crippen molar-refractivity contribution in [2.75, 3.05) is 30.8 Å². The monoisotopic (exact) mass is 436 g/mol. The first-order chi connectivity index (χ1) is 13.8. The van der Waals surface area contributed by atoms with Crippen LogP contribution in [0.15, 0.2) is 24.3 Å². The molecule has 158 valence electrons. The van der Waals surface area contributed by atoms with E-state index in [0.29, 0.717) is 21.3 Å². The van der Waals surface area contributed by atoms with E-state index in [1.54, 1.807) is 24.3 Å². The third kappa shape index (κ3) is 6.73. The van der Waals surface area contributed by atoms with E-state index in [2.05, 4.69) is 29.5 Å². The van der Waals surface area contributed by atoms with Crippen molar-refractivity contribution in [3.8, 4) is 0 Å². The first kappa shape index (κ1) is 23.2. The lowest BCUT2D eigenvalue weighted by molar-refractivity contribution is 0.100. The largest absolute Gasteiger partial charge is 0.365 e. The summed E-state index contributed by atoms with van der Waals surface area (Å²) in [4.78, 5) is 27.9. The highest BCUT2D eigenvalue weighted by molar-refractivity contribution is 7.17. The zero-order valence-electron chi connectivity index (χ0n) is 17.2. The molecule has 1 heterocycles. The summed E-state index contributed by atoms with van der Waals surface area (Å²) in [6.45, 7) is 6.06. The molecule has 29 heavy (non-hydrogen) atoms. The van der Waals surface area contributed by atoms with Crippen LogP contribution in [-0.2, 0) is 12.8 Å². The van der Waals surface area contributed by atoms with Gasteiger partial charge in [0.25, 0.3) is 5.91 Å². The van der Waals surface area contributed by atoms with E-state index in [1.807, 2.05) is 6.92 Å². The number of halogens is 1. The van der Waals surface area contributed by atoms with Crippen molar-refractivity contribution in [3.63, 3.8) is 0 Å². The van der Waals surface area contributed by atoms with Gasteiger partial charge in [0.05, 0.1) is 5.56 Å². The summed E-state index contributed by atoms with van der Waals surface area (Å²) in [6.07, 6.45) is 3.78. The second-order valence-corrected chi connectivity index (χ2v) is 8.46. The van der Waals surface area contributed by atoms with E-state index in [0.717, 1.165) is 49.2 Å². The van der Waals surface area contributed by atoms with Gasteiger partial charge in [-0.1, -0.05) is 31.9 Å². The van der Waals surface area contributed by atoms with Crippen molar-refractivity contribution in [3.05, 3.63) is 45.3 Å². The van der Waals surface area contributed by atoms with Crippen molar-refractivity contribution in [2.24, 2.45) is 5.73 Å². The minimum Gasteiger partial charge on any atom is -0.365 e. The SMILES string of the molecule is CCCCN(C)CCc1c(CC)sc(NC(=O)Nc2ccc(Cl)cc2)c1C(N)=O. The van der Waals surface area contributed by atoms with E-state index < -0.39 is 11.9 Å². The van der Waals surface area contributed by atoms with Gasteiger partial charge >= 0.3 is 6.03 Å². The molecule has 0 bridgehead atoms. The maximum Gasteiger partial charge on any atom is 0.324 e. The standard InChI is InChI=1S/C21H29ClN4O2S/c1-4-6-12-26(3)13-11-16-17(5-2)29-20(18(16)19(23)27)25-21(28)24-15-9-7-14(22)8-10-15/h7-10H,4-6,11-13H2,1-3H3,(H2,23,27)(H2,24,25,28). The van der Waals surface area contributed by atoms with Crippen LogP contribution in [-0.4, -0.2) is 37.0 Å². The van der Waals surface area contributed by atoms with Gasteiger partial charge in [-0.2, -0.15) is 0 Å². The van der Waals surface area contributed by atoms with Crippen LogP contribution in [0.2, 0.25) is 5.02 Å². The van der Waals surface area contributed by atoms with Crippen molar-refractivity contribution in [2.45, 2.75) is 39.5 Å². The molecule has 2 rings (SSSR count). The van der Waals surface area contributed by atoms with Gasteiger partial charge in [0, 0.05) is 22.1 Å². The number of carbonyl (C=O) groups is 2. The summed E-state index contributed by atoms with van der Waals surface area (Å²) in [5.41, 5.74) is 7.65. The highest BCUT2D eigenvalue weighted by atomic mass is 35.5. The van der Waals surface area contributed by atoms with Crippen LogP contribution in [0.4, 0.5) is 15.5 Å². The Morgan fingerprint density at radius 2 is 1.83 bits per heavy atom. The number of primary amides is 1. The molecule has 0 radical (unpaired) electrons. The second kappa shape index (κ2) is 11.2. The number of carbonyl (C=O) groups excluding carboxylic acids is 2. The molecule has 0 fully saturated rings. The Bertz CT molecular complexity index is 836. The lowest BCUT2D eigenvalue weighted by Crippen LogP contribution is -2.24. The number of unbranched alkanes of at least 4 members (excludes halogenated alkanes) is 1. The van der Waals surface area contributed by atoms with E-state index in [1.165, 1.54) is 11.3 Å². The summed E-state index contributed by atoms with van der Waals surface area (Å²) in [6, 6.07) is 6.38. The number of thiophene rings is 1. The minimum absolute atomic E-state index is 0.419. The van der Waals surface area contributed by atoms with E-state index in [9.17, 15) is 9.59 Å². The Morgan fingerprint density at radius 3 is 2.41 bits per heavy atom. The number of hydrogen-bond donors (Lipinski definition) is 3. The summed E-state index contributed by atoms with van der Waals surface area (Å²) in [5.74, 6) is -0.519. The molecule has 0 aliphatic carbocycles. The first-order valence-electron chi connectivity index (χ1n) is 9.82. The number of rotatable bonds is 10. The number of nitrogens with two attached hydrogens (primary N) is 1. The lowest BCUT2D eigenvalue weighted by Gasteiger charge is -2.16. The molecule has 0 unspecified atom stereocenters. The van der Waals surface area contributed by atoms with E-state index in [-0.39, 0.29) is 0 Å². The average molecular weight is 437 g/mol. The quantitative estimate of drug-likeness (QED) is 0.490. The number of amides is 3. The molecule has 0 atom stereocenters. The van der Waals surface area contributed by atoms with Crippen LogP contribution < -0.4 is 16.4 Å². The maximum atomic E-state index is 12.4. The topological polar surface area (TPSA) is 87.5 Å². The number of nitrogens with one attached hydrogen (secondary N) is 2. The smallest absolute Gasteiger partial charge is 0.324 e. The predicted octanol–water partition coefficient (Wildman–Crippen LogP) is 4.98. The van der Waals surface area contributed by atoms with Gasteiger partial charge in [0.2, 0.25) is 0 Å². The van der Waals surface area contributed by atoms with Crippen molar-refractivity contribution < 1.29 is 9.59 Å². The van der Waals surface area contributed by atoms with Gasteiger partial charge < -0.3 is 16.0 Å². The van der Waals surface area contributed by atoms with E-state index >= 15 is 0 Å². The van der Waals surface area contributed by atoms with Crippen LogP contribution in [0.1, 0.15) is 47.5 Å². The zero-order chi connectivity index (χ0) is 21.4. The van der Waals surface area contributed by atoms with Crippen LogP contribution in [0, 0.1) is 0 Å². The first-order valence-corrected chi connectivity index (χ1v) is 11.0. The summed E-state index contributed by atoms with van der Waals surface area (Å²) in [5, 5.41) is 6.62. The molecule has 3 amide bonds. The summed E-state index contributed by atoms with van der Waals surface area (Å²) in [7, 11) is 2.08. The van der Waals surface area contributed by atoms with Crippen LogP contribution in [0.5, 0.6) is 0 Å². The van der Waals surface area contributed by atoms with Gasteiger partial charge in [0.1, 0.15) is 5.00 Å². The fourth-order valence-corrected chi connectivity index (χ4v) is 4.37. The Morgan fingerprint density at radius 1 is 1.14 bits per heavy atom. The Kier molecular flexibility index (Phi) is 8.95. The van der Waals surface area contributed by atoms with Crippen LogP contribution >= 0.6 is 22.9 Å². The Hall–Kier alpha value is -2.09. The fourth-order valence-electron chi connectivity index (χ4n) is 3.05. The minimum atomic E-state index is -0.519. The van der Waals surface area contributed by atoms with Crippen LogP contribution in [0.25, 0.3) is 0 Å². The number of anilines is 2. The molecule has 0 saturated heterocycles. The molecule has 0 aliphatic heterocycles. The number of benzene rings is 1. The molecule has 1 aromatic heterocycles. The maximum absolute atomic E-state index is 12.4. The van der Waals surface area contributed by atoms with Gasteiger partial charge in [-0.05, 0) is 62.7 Å². The number of nitrogens with zero attached hydrogens (tertiary/aromatic N) is 1. The molecular weight excluding hydrogens is 408 g/mol. The van der Waals surface area contributed by atoms with E-state index in [4.69, 9.17) is 17.3 Å². The second-order valence-electron chi connectivity index (χ2n) is 6.92. The summed E-state index contributed by atoms with van der Waals surface area (Å²) < 4.78 is 0. The molecule has 0 spiro atoms. The van der Waals surface area contributed by atoms with Gasteiger partial charge in [-0.15, -0.1) is 11.3 Å². The van der Waals surface area contributed by atoms with Crippen LogP contribution in [0.3, 0.4) is 0 Å². The molecule has 0 aliphatic rings. The number of urea groups is 1. The third-order valence-electron chi connectivity index (χ3n) is 4.62. The van der Waals surface area contributed by atoms with Crippen molar-refractivity contribution in [1.82, 2.24) is 4.90 Å². The fraction of sp³-hybridized carbons (Fsp3) is 0.429. The number of aryl methyl sites for hydroxylation is 1. The van der Waals surface area contributed by atoms with Gasteiger partial charge in [0.15, 0.2) is 0 Å². The summed E-state index contributed by atoms with van der Waals surface area (Å²) >= 11 is 7.28. The molecule has 4 N–H and O–H groups in total. The normalized spacial score (nSPS) is 10.9. The number of hydrogen-bond acceptors (Lipinski definition) is 4. The molecule has 6 nitrogen and oxygen atoms in total. The predicted molar refractivity (Wildman–Crippen MR) is 122 cm³/mol. The van der Waals surface area contributed by atoms with Crippen molar-refractivity contribution >= 4 is 45.6 Å². The zero-order valence-corrected chi connectivity index (χ0v) is 18.8. The highest BCUT2D eigenvalue weighted by Gasteiger charge is 2.22. The Balaban J connectivity index is 2.16. The Labute approximate surface area is 181 Å². The molecule has 8 heteroatoms. The van der Waals surface area contributed by atoms with Gasteiger partial charge in [-0.3, -0.25) is 10.1 Å². The average Bonchev–Trinajstić information content (AvgIpc) is 3.03. The van der Waals surface area contributed by atoms with Gasteiger partial charge in [-0.25, -0.2) is 4.79 Å². The molecular formula is C21H29ClN4O2S. The molecule has 0 saturated carbocycles. The van der Waals surface area contributed by atoms with Crippen molar-refractivity contribution in [1.29, 1.82) is 0 Å². The lowest BCUT2D eigenvalue weighted by atomic mass is 10.0. The molecule has 2 aromatic rings. The highest BCUT2D eigenvalue weighted by Crippen LogP contribution is 2.34. The molecule has 1 aromatic carbocycles. The number of likely N-dealkylation sites (N-methyl/N-ethyl adjacent to an activating group) is 1. The third-order valence-corrected chi connectivity index (χ3v) is 6.17.